The molecule has 0 aromatic carbocycles. The van der Waals surface area contributed by atoms with Crippen molar-refractivity contribution in [2.24, 2.45) is 0 Å². The van der Waals surface area contributed by atoms with Crippen LogP contribution >= 0.6 is 23.2 Å². The molecule has 0 radical (unpaired) electrons. The van der Waals surface area contributed by atoms with E-state index in [0.717, 1.165) is 12.8 Å². The van der Waals surface area contributed by atoms with Crippen LogP contribution in [0.3, 0.4) is 0 Å². The second-order valence-corrected chi connectivity index (χ2v) is 6.32. The number of alkyl halides is 2. The van der Waals surface area contributed by atoms with Crippen molar-refractivity contribution in [2.45, 2.75) is 75.6 Å². The van der Waals surface area contributed by atoms with Gasteiger partial charge in [-0.15, -0.1) is 0 Å². The molecule has 19 heavy (non-hydrogen) atoms. The number of unbranched alkanes of at least 4 members (excludes halogenated alkanes) is 9. The van der Waals surface area contributed by atoms with Gasteiger partial charge in [0, 0.05) is 0 Å². The third-order valence-electron chi connectivity index (χ3n) is 3.15. The molecule has 0 saturated carbocycles. The van der Waals surface area contributed by atoms with Crippen LogP contribution in [0.5, 0.6) is 0 Å². The van der Waals surface area contributed by atoms with E-state index in [1.54, 1.807) is 0 Å². The number of rotatable bonds is 13. The first-order chi connectivity index (χ1) is 9.00. The largest absolute Gasteiger partial charge is 0.478 e. The molecule has 0 aromatic heterocycles. The number of aliphatic carboxylic acids is 1. The molecule has 0 heterocycles. The van der Waals surface area contributed by atoms with Gasteiger partial charge in [0.1, 0.15) is 0 Å². The summed E-state index contributed by atoms with van der Waals surface area (Å²) < 4.78 is -1.85. The fraction of sp³-hybridized carbons (Fsp3) is 0.929. The maximum atomic E-state index is 10.6. The predicted octanol–water partition coefficient (Wildman–Crippen LogP) is 4.71. The average Bonchev–Trinajstić information content (AvgIpc) is 2.35. The van der Waals surface area contributed by atoms with Crippen LogP contribution in [0, 0.1) is 0 Å². The molecule has 5 heteroatoms. The minimum absolute atomic E-state index is 0.538. The highest BCUT2D eigenvalue weighted by molar-refractivity contribution is 6.56. The fourth-order valence-corrected chi connectivity index (χ4v) is 2.12. The number of nitrogens with one attached hydrogen (secondary N) is 1. The Labute approximate surface area is 127 Å². The van der Waals surface area contributed by atoms with E-state index >= 15 is 0 Å². The van der Waals surface area contributed by atoms with Crippen LogP contribution in [-0.4, -0.2) is 22.1 Å². The van der Waals surface area contributed by atoms with Gasteiger partial charge in [0.05, 0.1) is 0 Å². The summed E-state index contributed by atoms with van der Waals surface area (Å²) in [5.74, 6) is -1.25. The molecule has 3 nitrogen and oxygen atoms in total. The standard InChI is InChI=1S/C14H27Cl2NO2/c1-2-3-4-5-6-7-8-9-10-11-12-17-14(15,16)13(18)19/h17H,2-12H2,1H3,(H,18,19). The van der Waals surface area contributed by atoms with Crippen LogP contribution in [0.25, 0.3) is 0 Å². The highest BCUT2D eigenvalue weighted by Gasteiger charge is 2.32. The molecule has 0 fully saturated rings. The van der Waals surface area contributed by atoms with Crippen molar-refractivity contribution in [3.05, 3.63) is 0 Å². The molecular formula is C14H27Cl2NO2. The molecule has 2 N–H and O–H groups in total. The zero-order valence-electron chi connectivity index (χ0n) is 11.9. The lowest BCUT2D eigenvalue weighted by Gasteiger charge is -2.15. The van der Waals surface area contributed by atoms with Crippen LogP contribution in [0.4, 0.5) is 0 Å². The quantitative estimate of drug-likeness (QED) is 0.294. The number of hydrogen-bond donors (Lipinski definition) is 2. The van der Waals surface area contributed by atoms with Gasteiger partial charge in [-0.25, -0.2) is 4.79 Å². The molecule has 0 amide bonds. The first-order valence-electron chi connectivity index (χ1n) is 7.37. The van der Waals surface area contributed by atoms with Gasteiger partial charge in [0.25, 0.3) is 4.46 Å². The molecule has 0 aliphatic carbocycles. The first-order valence-corrected chi connectivity index (χ1v) is 8.12. The van der Waals surface area contributed by atoms with Gasteiger partial charge in [-0.2, -0.15) is 0 Å². The molecule has 114 valence electrons. The van der Waals surface area contributed by atoms with Crippen molar-refractivity contribution in [3.63, 3.8) is 0 Å². The summed E-state index contributed by atoms with van der Waals surface area (Å²) >= 11 is 11.1. The van der Waals surface area contributed by atoms with E-state index in [4.69, 9.17) is 28.3 Å². The zero-order valence-corrected chi connectivity index (χ0v) is 13.4. The molecule has 0 aliphatic rings. The number of hydrogen-bond acceptors (Lipinski definition) is 2. The van der Waals surface area contributed by atoms with Crippen molar-refractivity contribution in [1.82, 2.24) is 5.32 Å². The van der Waals surface area contributed by atoms with Crippen molar-refractivity contribution in [1.29, 1.82) is 0 Å². The van der Waals surface area contributed by atoms with Gasteiger partial charge in [0.15, 0.2) is 0 Å². The topological polar surface area (TPSA) is 49.3 Å². The summed E-state index contributed by atoms with van der Waals surface area (Å²) in [5, 5.41) is 11.3. The molecule has 0 unspecified atom stereocenters. The number of carbonyl (C=O) groups is 1. The second kappa shape index (κ2) is 11.8. The van der Waals surface area contributed by atoms with Gasteiger partial charge in [0.2, 0.25) is 0 Å². The predicted molar refractivity (Wildman–Crippen MR) is 81.9 cm³/mol. The molecule has 0 aliphatic heterocycles. The van der Waals surface area contributed by atoms with Crippen LogP contribution in [-0.2, 0) is 4.79 Å². The third-order valence-corrected chi connectivity index (χ3v) is 3.74. The van der Waals surface area contributed by atoms with Crippen molar-refractivity contribution in [2.75, 3.05) is 6.54 Å². The van der Waals surface area contributed by atoms with E-state index in [0.29, 0.717) is 6.54 Å². The van der Waals surface area contributed by atoms with Crippen molar-refractivity contribution < 1.29 is 9.90 Å². The Morgan fingerprint density at radius 2 is 1.37 bits per heavy atom. The molecule has 0 atom stereocenters. The minimum atomic E-state index is -1.85. The summed E-state index contributed by atoms with van der Waals surface area (Å²) in [6, 6.07) is 0. The Morgan fingerprint density at radius 3 is 1.79 bits per heavy atom. The Bertz CT molecular complexity index is 235. The highest BCUT2D eigenvalue weighted by atomic mass is 35.5. The normalized spacial score (nSPS) is 11.7. The lowest BCUT2D eigenvalue weighted by Crippen LogP contribution is -2.42. The van der Waals surface area contributed by atoms with E-state index in [1.807, 2.05) is 0 Å². The van der Waals surface area contributed by atoms with E-state index in [2.05, 4.69) is 12.2 Å². The molecule has 0 aromatic rings. The summed E-state index contributed by atoms with van der Waals surface area (Å²) in [6.45, 7) is 2.77. The summed E-state index contributed by atoms with van der Waals surface area (Å²) in [6.07, 6.45) is 12.5. The van der Waals surface area contributed by atoms with Crippen LogP contribution < -0.4 is 5.32 Å². The van der Waals surface area contributed by atoms with Crippen molar-refractivity contribution >= 4 is 29.2 Å². The van der Waals surface area contributed by atoms with Crippen LogP contribution in [0.15, 0.2) is 0 Å². The first kappa shape index (κ1) is 19.0. The monoisotopic (exact) mass is 311 g/mol. The summed E-state index contributed by atoms with van der Waals surface area (Å²) in [4.78, 5) is 10.6. The minimum Gasteiger partial charge on any atom is -0.478 e. The van der Waals surface area contributed by atoms with Gasteiger partial charge < -0.3 is 5.11 Å². The Kier molecular flexibility index (Phi) is 11.8. The van der Waals surface area contributed by atoms with E-state index in [-0.39, 0.29) is 0 Å². The third kappa shape index (κ3) is 11.5. The maximum absolute atomic E-state index is 10.6. The van der Waals surface area contributed by atoms with Crippen LogP contribution in [0.1, 0.15) is 71.1 Å². The smallest absolute Gasteiger partial charge is 0.355 e. The van der Waals surface area contributed by atoms with Gasteiger partial charge >= 0.3 is 5.97 Å². The van der Waals surface area contributed by atoms with Gasteiger partial charge in [-0.1, -0.05) is 87.9 Å². The van der Waals surface area contributed by atoms with Crippen LogP contribution in [0.2, 0.25) is 0 Å². The molecule has 0 bridgehead atoms. The molecular weight excluding hydrogens is 285 g/mol. The Balaban J connectivity index is 3.21. The highest BCUT2D eigenvalue weighted by Crippen LogP contribution is 2.17. The summed E-state index contributed by atoms with van der Waals surface area (Å²) in [7, 11) is 0. The van der Waals surface area contributed by atoms with Gasteiger partial charge in [-0.3, -0.25) is 5.32 Å². The fourth-order valence-electron chi connectivity index (χ4n) is 1.93. The van der Waals surface area contributed by atoms with E-state index in [1.165, 1.54) is 51.4 Å². The van der Waals surface area contributed by atoms with E-state index < -0.39 is 10.4 Å². The van der Waals surface area contributed by atoms with E-state index in [9.17, 15) is 4.79 Å². The maximum Gasteiger partial charge on any atom is 0.355 e. The molecule has 0 spiro atoms. The second-order valence-electron chi connectivity index (χ2n) is 4.99. The van der Waals surface area contributed by atoms with Gasteiger partial charge in [-0.05, 0) is 13.0 Å². The average molecular weight is 312 g/mol. The number of carboxylic acid groups (broad SMARTS) is 1. The Morgan fingerprint density at radius 1 is 0.947 bits per heavy atom. The molecule has 0 saturated heterocycles. The van der Waals surface area contributed by atoms with Crippen molar-refractivity contribution in [3.8, 4) is 0 Å². The number of carboxylic acids is 1. The number of halogens is 2. The Hall–Kier alpha value is 0.01000. The lowest BCUT2D eigenvalue weighted by atomic mass is 10.1. The lowest BCUT2D eigenvalue weighted by molar-refractivity contribution is -0.138. The summed E-state index contributed by atoms with van der Waals surface area (Å²) in [5.41, 5.74) is 0. The zero-order chi connectivity index (χ0) is 14.6. The molecule has 0 rings (SSSR count). The SMILES string of the molecule is CCCCCCCCCCCCNC(Cl)(Cl)C(=O)O.